The van der Waals surface area contributed by atoms with Crippen LogP contribution in [-0.2, 0) is 0 Å². The number of carbonyl (C=O) groups excluding carboxylic acids is 1. The Morgan fingerprint density at radius 2 is 1.33 bits per heavy atom. The highest BCUT2D eigenvalue weighted by Gasteiger charge is 2.12. The summed E-state index contributed by atoms with van der Waals surface area (Å²) in [5.41, 5.74) is 0.612. The summed E-state index contributed by atoms with van der Waals surface area (Å²) in [4.78, 5) is 12.0. The molecular formula is C13H7Cl5N2O. The molecule has 110 valence electrons. The zero-order valence-corrected chi connectivity index (χ0v) is 14.0. The highest BCUT2D eigenvalue weighted by atomic mass is 35.5. The lowest BCUT2D eigenvalue weighted by atomic mass is 10.3. The van der Waals surface area contributed by atoms with Crippen LogP contribution in [0, 0.1) is 0 Å². The van der Waals surface area contributed by atoms with Crippen molar-refractivity contribution in [2.75, 3.05) is 10.6 Å². The fourth-order valence-corrected chi connectivity index (χ4v) is 2.59. The predicted octanol–water partition coefficient (Wildman–Crippen LogP) is 6.60. The van der Waals surface area contributed by atoms with E-state index in [0.717, 1.165) is 0 Å². The summed E-state index contributed by atoms with van der Waals surface area (Å²) < 4.78 is 0. The van der Waals surface area contributed by atoms with Crippen molar-refractivity contribution in [3.05, 3.63) is 55.4 Å². The average Bonchev–Trinajstić information content (AvgIpc) is 2.40. The summed E-state index contributed by atoms with van der Waals surface area (Å²) >= 11 is 29.6. The molecule has 0 spiro atoms. The van der Waals surface area contributed by atoms with Crippen LogP contribution in [0.2, 0.25) is 25.1 Å². The Labute approximate surface area is 146 Å². The molecule has 0 radical (unpaired) electrons. The van der Waals surface area contributed by atoms with Crippen molar-refractivity contribution in [1.82, 2.24) is 0 Å². The number of hydrogen-bond acceptors (Lipinski definition) is 1. The first-order valence-electron chi connectivity index (χ1n) is 5.55. The molecule has 2 amide bonds. The van der Waals surface area contributed by atoms with E-state index < -0.39 is 6.03 Å². The van der Waals surface area contributed by atoms with E-state index in [0.29, 0.717) is 26.4 Å². The molecule has 0 fully saturated rings. The van der Waals surface area contributed by atoms with E-state index in [1.807, 2.05) is 0 Å². The fourth-order valence-electron chi connectivity index (χ4n) is 1.50. The molecule has 0 atom stereocenters. The molecule has 0 bridgehead atoms. The van der Waals surface area contributed by atoms with Crippen molar-refractivity contribution in [3.63, 3.8) is 0 Å². The number of hydrogen-bond donors (Lipinski definition) is 2. The zero-order chi connectivity index (χ0) is 15.6. The maximum absolute atomic E-state index is 12.0. The highest BCUT2D eigenvalue weighted by Crippen LogP contribution is 2.33. The number of amides is 2. The van der Waals surface area contributed by atoms with E-state index in [-0.39, 0.29) is 10.0 Å². The number of benzene rings is 2. The first kappa shape index (κ1) is 16.5. The smallest absolute Gasteiger partial charge is 0.306 e. The third-order valence-corrected chi connectivity index (χ3v) is 4.12. The molecule has 0 saturated heterocycles. The molecule has 0 saturated carbocycles. The maximum Gasteiger partial charge on any atom is 0.323 e. The molecule has 2 aromatic rings. The Morgan fingerprint density at radius 1 is 0.762 bits per heavy atom. The summed E-state index contributed by atoms with van der Waals surface area (Å²) in [6, 6.07) is 7.20. The molecule has 8 heteroatoms. The predicted molar refractivity (Wildman–Crippen MR) is 90.6 cm³/mol. The normalized spacial score (nSPS) is 10.3. The Bertz CT molecular complexity index is 685. The molecule has 0 heterocycles. The Morgan fingerprint density at radius 3 is 1.95 bits per heavy atom. The molecule has 0 aliphatic rings. The van der Waals surface area contributed by atoms with Gasteiger partial charge in [0.1, 0.15) is 0 Å². The van der Waals surface area contributed by atoms with E-state index in [9.17, 15) is 4.79 Å². The van der Waals surface area contributed by atoms with Crippen molar-refractivity contribution >= 4 is 75.4 Å². The van der Waals surface area contributed by atoms with Crippen LogP contribution < -0.4 is 10.6 Å². The SMILES string of the molecule is O=C(Nc1cc(Cl)c(Cl)cc1Cl)Nc1c(Cl)cccc1Cl. The van der Waals surface area contributed by atoms with E-state index in [4.69, 9.17) is 58.0 Å². The number of nitrogens with one attached hydrogen (secondary N) is 2. The number of urea groups is 1. The minimum Gasteiger partial charge on any atom is -0.306 e. The van der Waals surface area contributed by atoms with Crippen LogP contribution in [0.25, 0.3) is 0 Å². The van der Waals surface area contributed by atoms with E-state index in [1.54, 1.807) is 18.2 Å². The standard InChI is InChI=1S/C13H7Cl5N2O/c14-6-2-1-3-7(15)12(6)20-13(21)19-11-5-9(17)8(16)4-10(11)18/h1-5H,(H2,19,20,21). The minimum absolute atomic E-state index is 0.254. The van der Waals surface area contributed by atoms with Crippen LogP contribution in [-0.4, -0.2) is 6.03 Å². The summed E-state index contributed by atoms with van der Waals surface area (Å²) in [6.07, 6.45) is 0. The van der Waals surface area contributed by atoms with Crippen LogP contribution in [0.4, 0.5) is 16.2 Å². The summed E-state index contributed by atoms with van der Waals surface area (Å²) in [5.74, 6) is 0. The Hall–Kier alpha value is -0.840. The van der Waals surface area contributed by atoms with Gasteiger partial charge in [-0.15, -0.1) is 0 Å². The second kappa shape index (κ2) is 6.95. The molecule has 0 aliphatic heterocycles. The monoisotopic (exact) mass is 382 g/mol. The van der Waals surface area contributed by atoms with Gasteiger partial charge in [0.25, 0.3) is 0 Å². The summed E-state index contributed by atoms with van der Waals surface area (Å²) in [5, 5.41) is 6.53. The molecule has 2 N–H and O–H groups in total. The molecule has 0 aliphatic carbocycles. The van der Waals surface area contributed by atoms with Crippen molar-refractivity contribution in [2.24, 2.45) is 0 Å². The number of halogens is 5. The number of carbonyl (C=O) groups is 1. The van der Waals surface area contributed by atoms with Crippen LogP contribution in [0.15, 0.2) is 30.3 Å². The maximum atomic E-state index is 12.0. The summed E-state index contributed by atoms with van der Waals surface area (Å²) in [6.45, 7) is 0. The van der Waals surface area contributed by atoms with E-state index in [1.165, 1.54) is 12.1 Å². The number of rotatable bonds is 2. The average molecular weight is 384 g/mol. The van der Waals surface area contributed by atoms with Crippen molar-refractivity contribution in [2.45, 2.75) is 0 Å². The van der Waals surface area contributed by atoms with Gasteiger partial charge in [0.15, 0.2) is 0 Å². The van der Waals surface area contributed by atoms with Gasteiger partial charge < -0.3 is 10.6 Å². The molecule has 2 rings (SSSR count). The van der Waals surface area contributed by atoms with Gasteiger partial charge in [-0.1, -0.05) is 64.1 Å². The van der Waals surface area contributed by atoms with Gasteiger partial charge in [-0.2, -0.15) is 0 Å². The Kier molecular flexibility index (Phi) is 5.47. The van der Waals surface area contributed by atoms with Gasteiger partial charge in [-0.3, -0.25) is 0 Å². The van der Waals surface area contributed by atoms with Gasteiger partial charge in [0, 0.05) is 0 Å². The largest absolute Gasteiger partial charge is 0.323 e. The second-order valence-electron chi connectivity index (χ2n) is 3.92. The summed E-state index contributed by atoms with van der Waals surface area (Å²) in [7, 11) is 0. The molecule has 0 aromatic heterocycles. The zero-order valence-electron chi connectivity index (χ0n) is 10.2. The van der Waals surface area contributed by atoms with Crippen LogP contribution in [0.5, 0.6) is 0 Å². The topological polar surface area (TPSA) is 41.1 Å². The third-order valence-electron chi connectivity index (χ3n) is 2.46. The van der Waals surface area contributed by atoms with Gasteiger partial charge >= 0.3 is 6.03 Å². The third kappa shape index (κ3) is 4.09. The highest BCUT2D eigenvalue weighted by molar-refractivity contribution is 6.44. The lowest BCUT2D eigenvalue weighted by Crippen LogP contribution is -2.20. The van der Waals surface area contributed by atoms with Crippen LogP contribution in [0.3, 0.4) is 0 Å². The molecule has 2 aromatic carbocycles. The molecular weight excluding hydrogens is 377 g/mol. The molecule has 21 heavy (non-hydrogen) atoms. The van der Waals surface area contributed by atoms with E-state index >= 15 is 0 Å². The lowest BCUT2D eigenvalue weighted by molar-refractivity contribution is 0.262. The van der Waals surface area contributed by atoms with Gasteiger partial charge in [-0.25, -0.2) is 4.79 Å². The minimum atomic E-state index is -0.565. The lowest BCUT2D eigenvalue weighted by Gasteiger charge is -2.12. The van der Waals surface area contributed by atoms with E-state index in [2.05, 4.69) is 10.6 Å². The van der Waals surface area contributed by atoms with Gasteiger partial charge in [-0.05, 0) is 24.3 Å². The van der Waals surface area contributed by atoms with Gasteiger partial charge in [0.2, 0.25) is 0 Å². The van der Waals surface area contributed by atoms with Crippen LogP contribution >= 0.6 is 58.0 Å². The van der Waals surface area contributed by atoms with Crippen molar-refractivity contribution in [3.8, 4) is 0 Å². The molecule has 0 unspecified atom stereocenters. The van der Waals surface area contributed by atoms with Gasteiger partial charge in [0.05, 0.1) is 36.5 Å². The first-order valence-corrected chi connectivity index (χ1v) is 7.44. The number of para-hydroxylation sites is 1. The second-order valence-corrected chi connectivity index (χ2v) is 5.96. The molecule has 3 nitrogen and oxygen atoms in total. The number of anilines is 2. The van der Waals surface area contributed by atoms with Crippen LogP contribution in [0.1, 0.15) is 0 Å². The quantitative estimate of drug-likeness (QED) is 0.563. The van der Waals surface area contributed by atoms with Crippen molar-refractivity contribution in [1.29, 1.82) is 0 Å². The first-order chi connectivity index (χ1) is 9.88. The fraction of sp³-hybridized carbons (Fsp3) is 0. The Balaban J connectivity index is 2.18. The van der Waals surface area contributed by atoms with Crippen molar-refractivity contribution < 1.29 is 4.79 Å².